The van der Waals surface area contributed by atoms with E-state index in [0.29, 0.717) is 19.3 Å². The molecule has 6 nitrogen and oxygen atoms in total. The highest BCUT2D eigenvalue weighted by atomic mass is 16.5. The zero-order valence-corrected chi connectivity index (χ0v) is 23.9. The molecule has 0 bridgehead atoms. The molecular formula is C31H48O6. The number of rotatable bonds is 4. The Morgan fingerprint density at radius 3 is 2.30 bits per heavy atom. The number of aliphatic hydroxyl groups is 1. The third-order valence-electron chi connectivity index (χ3n) is 13.2. The van der Waals surface area contributed by atoms with Crippen LogP contribution in [0.2, 0.25) is 0 Å². The minimum atomic E-state index is -0.719. The minimum absolute atomic E-state index is 0.00124. The normalized spacial score (nSPS) is 51.8. The van der Waals surface area contributed by atoms with Gasteiger partial charge in [-0.25, -0.2) is 0 Å². The third kappa shape index (κ3) is 3.30. The maximum atomic E-state index is 12.8. The van der Waals surface area contributed by atoms with Crippen LogP contribution < -0.4 is 0 Å². The molecule has 6 heteroatoms. The number of fused-ring (bicyclic) bond motifs is 7. The Kier molecular flexibility index (Phi) is 6.10. The summed E-state index contributed by atoms with van der Waals surface area (Å²) in [6.07, 6.45) is 4.97. The molecule has 2 N–H and O–H groups in total. The predicted octanol–water partition coefficient (Wildman–Crippen LogP) is 5.62. The van der Waals surface area contributed by atoms with Gasteiger partial charge < -0.3 is 19.7 Å². The molecule has 0 amide bonds. The Hall–Kier alpha value is -1.40. The number of carbonyl (C=O) groups excluding carboxylic acids is 1. The average molecular weight is 517 g/mol. The summed E-state index contributed by atoms with van der Waals surface area (Å²) in [5, 5.41) is 22.7. The second-order valence-electron chi connectivity index (χ2n) is 14.6. The van der Waals surface area contributed by atoms with Crippen molar-refractivity contribution in [3.63, 3.8) is 0 Å². The fourth-order valence-corrected chi connectivity index (χ4v) is 11.5. The van der Waals surface area contributed by atoms with Crippen molar-refractivity contribution in [2.75, 3.05) is 7.11 Å². The van der Waals surface area contributed by atoms with Crippen molar-refractivity contribution in [1.82, 2.24) is 0 Å². The van der Waals surface area contributed by atoms with Crippen LogP contribution in [0, 0.1) is 51.2 Å². The number of carboxylic acid groups (broad SMARTS) is 1. The van der Waals surface area contributed by atoms with Gasteiger partial charge in [0, 0.05) is 5.41 Å². The topological polar surface area (TPSA) is 93.1 Å². The molecule has 1 saturated heterocycles. The van der Waals surface area contributed by atoms with Crippen molar-refractivity contribution in [3.8, 4) is 0 Å². The first-order valence-electron chi connectivity index (χ1n) is 14.4. The number of ether oxygens (including phenoxy) is 2. The largest absolute Gasteiger partial charge is 0.481 e. The molecule has 1 aliphatic heterocycles. The first kappa shape index (κ1) is 27.2. The van der Waals surface area contributed by atoms with Crippen LogP contribution in [-0.4, -0.2) is 47.1 Å². The van der Waals surface area contributed by atoms with E-state index in [4.69, 9.17) is 9.47 Å². The molecular weight excluding hydrogens is 468 g/mol. The van der Waals surface area contributed by atoms with Gasteiger partial charge in [0.25, 0.3) is 0 Å². The number of hydrogen-bond donors (Lipinski definition) is 2. The molecule has 0 aromatic heterocycles. The highest BCUT2D eigenvalue weighted by Gasteiger charge is 2.75. The van der Waals surface area contributed by atoms with Gasteiger partial charge in [0.05, 0.1) is 36.8 Å². The van der Waals surface area contributed by atoms with E-state index < -0.39 is 23.1 Å². The van der Waals surface area contributed by atoms with E-state index >= 15 is 0 Å². The quantitative estimate of drug-likeness (QED) is 0.372. The summed E-state index contributed by atoms with van der Waals surface area (Å²) >= 11 is 0. The SMILES string of the molecule is C=C(C)[C@@H]1CC[C@]2(C(=O)O)CC[C@]3(C)[C@H](C[C@@H](O)[C@@H]4[C@@]5(C)C(CC(=O)OC)OC(C)(C)C5CC[C@]43C)[C@@H]12. The Balaban J connectivity index is 1.62. The Bertz CT molecular complexity index is 1000. The second kappa shape index (κ2) is 8.30. The lowest BCUT2D eigenvalue weighted by Crippen LogP contribution is -2.69. The van der Waals surface area contributed by atoms with Gasteiger partial charge in [-0.1, -0.05) is 32.9 Å². The van der Waals surface area contributed by atoms with Crippen LogP contribution in [0.15, 0.2) is 12.2 Å². The van der Waals surface area contributed by atoms with Crippen LogP contribution >= 0.6 is 0 Å². The van der Waals surface area contributed by atoms with Gasteiger partial charge in [-0.3, -0.25) is 9.59 Å². The molecule has 0 spiro atoms. The van der Waals surface area contributed by atoms with Crippen molar-refractivity contribution in [2.24, 2.45) is 51.2 Å². The maximum absolute atomic E-state index is 12.8. The smallest absolute Gasteiger partial charge is 0.309 e. The number of aliphatic hydroxyl groups excluding tert-OH is 1. The number of methoxy groups -OCH3 is 1. The first-order chi connectivity index (χ1) is 17.1. The minimum Gasteiger partial charge on any atom is -0.481 e. The fraction of sp³-hybridized carbons (Fsp3) is 0.871. The van der Waals surface area contributed by atoms with Gasteiger partial charge >= 0.3 is 11.9 Å². The van der Waals surface area contributed by atoms with Crippen molar-refractivity contribution >= 4 is 11.9 Å². The molecule has 1 heterocycles. The Morgan fingerprint density at radius 2 is 1.70 bits per heavy atom. The van der Waals surface area contributed by atoms with Crippen LogP contribution in [0.25, 0.3) is 0 Å². The highest BCUT2D eigenvalue weighted by molar-refractivity contribution is 5.76. The summed E-state index contributed by atoms with van der Waals surface area (Å²) in [6, 6.07) is 0. The molecule has 5 fully saturated rings. The van der Waals surface area contributed by atoms with Gasteiger partial charge in [-0.05, 0) is 106 Å². The van der Waals surface area contributed by atoms with Gasteiger partial charge in [0.2, 0.25) is 0 Å². The molecule has 2 unspecified atom stereocenters. The number of carbonyl (C=O) groups is 2. The molecule has 208 valence electrons. The molecule has 37 heavy (non-hydrogen) atoms. The fourth-order valence-electron chi connectivity index (χ4n) is 11.5. The van der Waals surface area contributed by atoms with E-state index in [0.717, 1.165) is 31.3 Å². The number of aliphatic carboxylic acids is 1. The number of hydrogen-bond acceptors (Lipinski definition) is 5. The lowest BCUT2D eigenvalue weighted by molar-refractivity contribution is -0.254. The monoisotopic (exact) mass is 516 g/mol. The maximum Gasteiger partial charge on any atom is 0.309 e. The van der Waals surface area contributed by atoms with Crippen LogP contribution in [0.3, 0.4) is 0 Å². The van der Waals surface area contributed by atoms with E-state index in [1.807, 2.05) is 0 Å². The zero-order chi connectivity index (χ0) is 27.3. The van der Waals surface area contributed by atoms with E-state index in [1.165, 1.54) is 7.11 Å². The summed E-state index contributed by atoms with van der Waals surface area (Å²) < 4.78 is 11.7. The van der Waals surface area contributed by atoms with E-state index in [-0.39, 0.29) is 64.3 Å². The summed E-state index contributed by atoms with van der Waals surface area (Å²) in [4.78, 5) is 25.3. The van der Waals surface area contributed by atoms with Crippen LogP contribution in [0.1, 0.15) is 92.9 Å². The van der Waals surface area contributed by atoms with Gasteiger partial charge in [0.1, 0.15) is 0 Å². The standard InChI is InChI=1S/C31H48O6/c1-17(2)18-9-12-31(26(34)35)14-13-28(5)19(24(18)31)15-20(32)25-29(28,6)11-10-21-27(3,4)37-22(30(21,25)7)16-23(33)36-8/h18-22,24-25,32H,1,9-16H2,2-8H3,(H,34,35)/t18-,19+,20+,21?,22?,24+,25-,28+,29+,30+,31-/m0/s1. The first-order valence-corrected chi connectivity index (χ1v) is 14.4. The number of esters is 1. The molecule has 4 aliphatic carbocycles. The lowest BCUT2D eigenvalue weighted by atomic mass is 9.33. The molecule has 0 radical (unpaired) electrons. The molecule has 4 saturated carbocycles. The van der Waals surface area contributed by atoms with Crippen molar-refractivity contribution in [3.05, 3.63) is 12.2 Å². The highest BCUT2D eigenvalue weighted by Crippen LogP contribution is 2.77. The van der Waals surface area contributed by atoms with Gasteiger partial charge in [-0.15, -0.1) is 0 Å². The molecule has 11 atom stereocenters. The summed E-state index contributed by atoms with van der Waals surface area (Å²) in [5.74, 6) is -0.458. The summed E-state index contributed by atoms with van der Waals surface area (Å²) in [5.41, 5.74) is -0.736. The van der Waals surface area contributed by atoms with Gasteiger partial charge in [-0.2, -0.15) is 0 Å². The Morgan fingerprint density at radius 1 is 1.03 bits per heavy atom. The lowest BCUT2D eigenvalue weighted by Gasteiger charge is -2.71. The van der Waals surface area contributed by atoms with E-state index in [9.17, 15) is 19.8 Å². The predicted molar refractivity (Wildman–Crippen MR) is 141 cm³/mol. The number of carboxylic acids is 1. The van der Waals surface area contributed by atoms with E-state index in [1.54, 1.807) is 0 Å². The molecule has 5 rings (SSSR count). The average Bonchev–Trinajstić information content (AvgIpc) is 3.29. The summed E-state index contributed by atoms with van der Waals surface area (Å²) in [6.45, 7) is 17.6. The third-order valence-corrected chi connectivity index (χ3v) is 13.2. The summed E-state index contributed by atoms with van der Waals surface area (Å²) in [7, 11) is 1.42. The van der Waals surface area contributed by atoms with Gasteiger partial charge in [0.15, 0.2) is 0 Å². The van der Waals surface area contributed by atoms with Crippen LogP contribution in [0.5, 0.6) is 0 Å². The van der Waals surface area contributed by atoms with Crippen LogP contribution in [-0.2, 0) is 19.1 Å². The second-order valence-corrected chi connectivity index (χ2v) is 14.6. The van der Waals surface area contributed by atoms with E-state index in [2.05, 4.69) is 48.1 Å². The van der Waals surface area contributed by atoms with Crippen LogP contribution in [0.4, 0.5) is 0 Å². The molecule has 0 aromatic carbocycles. The molecule has 5 aliphatic rings. The molecule has 0 aromatic rings. The van der Waals surface area contributed by atoms with Crippen molar-refractivity contribution in [1.29, 1.82) is 0 Å². The zero-order valence-electron chi connectivity index (χ0n) is 23.9. The number of allylic oxidation sites excluding steroid dienone is 1. The Labute approximate surface area is 222 Å². The van der Waals surface area contributed by atoms with Crippen molar-refractivity contribution < 1.29 is 29.3 Å². The van der Waals surface area contributed by atoms with Crippen molar-refractivity contribution in [2.45, 2.75) is 111 Å².